The number of rotatable bonds is 2. The molecule has 16 heavy (non-hydrogen) atoms. The molecule has 0 spiro atoms. The lowest BCUT2D eigenvalue weighted by Crippen LogP contribution is -1.99. The minimum Gasteiger partial charge on any atom is -0.244 e. The molecule has 0 atom stereocenters. The second-order valence-corrected chi connectivity index (χ2v) is 4.53. The van der Waals surface area contributed by atoms with Gasteiger partial charge in [-0.25, -0.2) is 19.9 Å². The van der Waals surface area contributed by atoms with E-state index in [9.17, 15) is 0 Å². The predicted octanol–water partition coefficient (Wildman–Crippen LogP) is 2.82. The fourth-order valence-corrected chi connectivity index (χ4v) is 1.67. The molecule has 0 aliphatic carbocycles. The molecule has 0 aromatic carbocycles. The van der Waals surface area contributed by atoms with Crippen molar-refractivity contribution in [3.05, 3.63) is 35.2 Å². The number of nitrogens with zero attached hydrogens (tertiary/aromatic N) is 4. The highest BCUT2D eigenvalue weighted by Gasteiger charge is 2.08. The van der Waals surface area contributed by atoms with Crippen molar-refractivity contribution < 1.29 is 0 Å². The van der Waals surface area contributed by atoms with Gasteiger partial charge in [0.2, 0.25) is 0 Å². The molecule has 0 amide bonds. The summed E-state index contributed by atoms with van der Waals surface area (Å²) < 4.78 is 0.782. The lowest BCUT2D eigenvalue weighted by atomic mass is 10.2. The first-order chi connectivity index (χ1) is 7.66. The third-order valence-corrected chi connectivity index (χ3v) is 2.49. The van der Waals surface area contributed by atoms with Gasteiger partial charge in [-0.1, -0.05) is 13.8 Å². The van der Waals surface area contributed by atoms with E-state index in [1.54, 1.807) is 12.4 Å². The molecule has 2 aromatic rings. The zero-order chi connectivity index (χ0) is 11.5. The summed E-state index contributed by atoms with van der Waals surface area (Å²) in [5.74, 6) is 1.11. The molecule has 82 valence electrons. The topological polar surface area (TPSA) is 51.6 Å². The normalized spacial score (nSPS) is 10.8. The van der Waals surface area contributed by atoms with Crippen LogP contribution < -0.4 is 0 Å². The van der Waals surface area contributed by atoms with E-state index in [4.69, 9.17) is 0 Å². The summed E-state index contributed by atoms with van der Waals surface area (Å²) in [6.45, 7) is 4.13. The van der Waals surface area contributed by atoms with Gasteiger partial charge >= 0.3 is 0 Å². The summed E-state index contributed by atoms with van der Waals surface area (Å²) in [7, 11) is 0. The number of hydrogen-bond donors (Lipinski definition) is 0. The molecule has 5 heteroatoms. The largest absolute Gasteiger partial charge is 0.244 e. The Morgan fingerprint density at radius 3 is 2.44 bits per heavy atom. The molecule has 2 heterocycles. The van der Waals surface area contributed by atoms with E-state index in [0.29, 0.717) is 5.92 Å². The summed E-state index contributed by atoms with van der Waals surface area (Å²) >= 11 is 3.39. The Hall–Kier alpha value is -1.36. The smallest absolute Gasteiger partial charge is 0.132 e. The van der Waals surface area contributed by atoms with Crippen LogP contribution in [-0.2, 0) is 0 Å². The summed E-state index contributed by atoms with van der Waals surface area (Å²) in [6.07, 6.45) is 4.99. The van der Waals surface area contributed by atoms with E-state index >= 15 is 0 Å². The van der Waals surface area contributed by atoms with Crippen molar-refractivity contribution in [1.29, 1.82) is 0 Å². The summed E-state index contributed by atoms with van der Waals surface area (Å²) in [6, 6.07) is 1.87. The molecule has 0 N–H and O–H groups in total. The minimum absolute atomic E-state index is 0.292. The molecule has 0 saturated heterocycles. The van der Waals surface area contributed by atoms with Crippen LogP contribution in [0.25, 0.3) is 11.3 Å². The fraction of sp³-hybridized carbons (Fsp3) is 0.273. The van der Waals surface area contributed by atoms with Crippen LogP contribution in [0.3, 0.4) is 0 Å². The number of aromatic nitrogens is 4. The minimum atomic E-state index is 0.292. The molecular formula is C11H11BrN4. The number of halogens is 1. The van der Waals surface area contributed by atoms with Crippen molar-refractivity contribution in [3.8, 4) is 11.3 Å². The van der Waals surface area contributed by atoms with Crippen LogP contribution >= 0.6 is 15.9 Å². The van der Waals surface area contributed by atoms with Crippen LogP contribution in [0, 0.1) is 0 Å². The molecule has 0 saturated carbocycles. The monoisotopic (exact) mass is 278 g/mol. The van der Waals surface area contributed by atoms with Crippen molar-refractivity contribution in [2.75, 3.05) is 0 Å². The average molecular weight is 279 g/mol. The average Bonchev–Trinajstić information content (AvgIpc) is 2.29. The molecule has 2 aromatic heterocycles. The van der Waals surface area contributed by atoms with Crippen LogP contribution in [0.4, 0.5) is 0 Å². The van der Waals surface area contributed by atoms with Crippen molar-refractivity contribution in [1.82, 2.24) is 19.9 Å². The highest BCUT2D eigenvalue weighted by atomic mass is 79.9. The molecule has 0 aliphatic heterocycles. The summed E-state index contributed by atoms with van der Waals surface area (Å²) in [4.78, 5) is 16.8. The van der Waals surface area contributed by atoms with Gasteiger partial charge in [-0.3, -0.25) is 0 Å². The van der Waals surface area contributed by atoms with Crippen LogP contribution in [0.5, 0.6) is 0 Å². The Kier molecular flexibility index (Phi) is 3.24. The van der Waals surface area contributed by atoms with Crippen molar-refractivity contribution in [2.24, 2.45) is 0 Å². The van der Waals surface area contributed by atoms with Gasteiger partial charge < -0.3 is 0 Å². The maximum absolute atomic E-state index is 4.48. The summed E-state index contributed by atoms with van der Waals surface area (Å²) in [5, 5.41) is 0. The SMILES string of the molecule is CC(C)c1nc(Br)cc(-c2cncnc2)n1. The van der Waals surface area contributed by atoms with E-state index in [1.807, 2.05) is 6.07 Å². The van der Waals surface area contributed by atoms with Gasteiger partial charge in [-0.2, -0.15) is 0 Å². The van der Waals surface area contributed by atoms with Gasteiger partial charge in [0.1, 0.15) is 16.8 Å². The third kappa shape index (κ3) is 2.41. The second-order valence-electron chi connectivity index (χ2n) is 3.72. The lowest BCUT2D eigenvalue weighted by molar-refractivity contribution is 0.771. The molecular weight excluding hydrogens is 268 g/mol. The summed E-state index contributed by atoms with van der Waals surface area (Å²) in [5.41, 5.74) is 1.73. The molecule has 0 radical (unpaired) electrons. The van der Waals surface area contributed by atoms with E-state index in [-0.39, 0.29) is 0 Å². The third-order valence-electron chi connectivity index (χ3n) is 2.08. The van der Waals surface area contributed by atoms with Gasteiger partial charge in [0.05, 0.1) is 5.69 Å². The van der Waals surface area contributed by atoms with Gasteiger partial charge in [-0.15, -0.1) is 0 Å². The Balaban J connectivity index is 2.50. The Bertz CT molecular complexity index is 485. The maximum Gasteiger partial charge on any atom is 0.132 e. The molecule has 0 bridgehead atoms. The maximum atomic E-state index is 4.48. The Morgan fingerprint density at radius 1 is 1.12 bits per heavy atom. The lowest BCUT2D eigenvalue weighted by Gasteiger charge is -2.06. The molecule has 4 nitrogen and oxygen atoms in total. The van der Waals surface area contributed by atoms with E-state index in [1.165, 1.54) is 6.33 Å². The van der Waals surface area contributed by atoms with Crippen LogP contribution in [0.1, 0.15) is 25.6 Å². The van der Waals surface area contributed by atoms with E-state index in [0.717, 1.165) is 21.7 Å². The first-order valence-electron chi connectivity index (χ1n) is 4.96. The number of hydrogen-bond acceptors (Lipinski definition) is 4. The molecule has 0 unspecified atom stereocenters. The van der Waals surface area contributed by atoms with Crippen LogP contribution in [0.15, 0.2) is 29.4 Å². The van der Waals surface area contributed by atoms with Crippen molar-refractivity contribution >= 4 is 15.9 Å². The Labute approximate surface area is 102 Å². The van der Waals surface area contributed by atoms with E-state index in [2.05, 4.69) is 49.7 Å². The second kappa shape index (κ2) is 4.65. The standard InChI is InChI=1S/C11H11BrN4/c1-7(2)11-15-9(3-10(12)16-11)8-4-13-6-14-5-8/h3-7H,1-2H3. The Morgan fingerprint density at radius 2 is 1.81 bits per heavy atom. The zero-order valence-corrected chi connectivity index (χ0v) is 10.6. The van der Waals surface area contributed by atoms with Crippen LogP contribution in [-0.4, -0.2) is 19.9 Å². The van der Waals surface area contributed by atoms with Gasteiger partial charge in [-0.05, 0) is 22.0 Å². The first-order valence-corrected chi connectivity index (χ1v) is 5.76. The van der Waals surface area contributed by atoms with Crippen molar-refractivity contribution in [3.63, 3.8) is 0 Å². The van der Waals surface area contributed by atoms with E-state index < -0.39 is 0 Å². The first kappa shape index (κ1) is 11.1. The van der Waals surface area contributed by atoms with Crippen LogP contribution in [0.2, 0.25) is 0 Å². The molecule has 0 fully saturated rings. The van der Waals surface area contributed by atoms with Crippen molar-refractivity contribution in [2.45, 2.75) is 19.8 Å². The molecule has 2 rings (SSSR count). The molecule has 0 aliphatic rings. The highest BCUT2D eigenvalue weighted by molar-refractivity contribution is 9.10. The highest BCUT2D eigenvalue weighted by Crippen LogP contribution is 2.21. The fourth-order valence-electron chi connectivity index (χ4n) is 1.27. The predicted molar refractivity (Wildman–Crippen MR) is 64.8 cm³/mol. The van der Waals surface area contributed by atoms with Gasteiger partial charge in [0.15, 0.2) is 0 Å². The quantitative estimate of drug-likeness (QED) is 0.793. The van der Waals surface area contributed by atoms with Gasteiger partial charge in [0, 0.05) is 23.9 Å². The van der Waals surface area contributed by atoms with Gasteiger partial charge in [0.25, 0.3) is 0 Å². The zero-order valence-electron chi connectivity index (χ0n) is 9.05.